The van der Waals surface area contributed by atoms with Crippen molar-refractivity contribution < 1.29 is 14.3 Å². The van der Waals surface area contributed by atoms with Gasteiger partial charge in [0, 0.05) is 38.9 Å². The molecule has 0 atom stereocenters. The molecule has 1 aromatic heterocycles. The average molecular weight is 502 g/mol. The third-order valence-electron chi connectivity index (χ3n) is 5.04. The van der Waals surface area contributed by atoms with Crippen molar-refractivity contribution in [2.75, 3.05) is 33.4 Å². The summed E-state index contributed by atoms with van der Waals surface area (Å²) < 4.78 is 10.9. The van der Waals surface area contributed by atoms with Gasteiger partial charge in [-0.15, -0.1) is 24.0 Å². The highest BCUT2D eigenvalue weighted by Crippen LogP contribution is 2.29. The van der Waals surface area contributed by atoms with Gasteiger partial charge < -0.3 is 19.7 Å². The largest absolute Gasteiger partial charge is 0.477 e. The van der Waals surface area contributed by atoms with E-state index in [1.165, 1.54) is 12.8 Å². The Hall–Kier alpha value is -1.58. The monoisotopic (exact) mass is 502 g/mol. The fraction of sp³-hybridized carbons (Fsp3) is 0.650. The van der Waals surface area contributed by atoms with Gasteiger partial charge >= 0.3 is 5.97 Å². The zero-order valence-corrected chi connectivity index (χ0v) is 19.1. The van der Waals surface area contributed by atoms with E-state index in [-0.39, 0.29) is 35.9 Å². The summed E-state index contributed by atoms with van der Waals surface area (Å²) in [5.41, 5.74) is 1.11. The number of carbonyl (C=O) groups is 1. The summed E-state index contributed by atoms with van der Waals surface area (Å²) in [7, 11) is 1.79. The van der Waals surface area contributed by atoms with Gasteiger partial charge in [0.2, 0.25) is 5.88 Å². The van der Waals surface area contributed by atoms with Crippen LogP contribution in [-0.2, 0) is 16.1 Å². The zero-order valence-electron chi connectivity index (χ0n) is 16.7. The molecule has 1 saturated carbocycles. The van der Waals surface area contributed by atoms with Crippen LogP contribution in [-0.4, -0.2) is 55.2 Å². The van der Waals surface area contributed by atoms with Crippen LogP contribution in [0.2, 0.25) is 0 Å². The number of likely N-dealkylation sites (tertiary alicyclic amines) is 1. The molecule has 2 heterocycles. The Labute approximate surface area is 184 Å². The maximum atomic E-state index is 11.9. The fourth-order valence-corrected chi connectivity index (χ4v) is 3.23. The Bertz CT molecular complexity index is 659. The van der Waals surface area contributed by atoms with Crippen LogP contribution in [0.5, 0.6) is 5.88 Å². The molecule has 0 spiro atoms. The van der Waals surface area contributed by atoms with Gasteiger partial charge in [0.25, 0.3) is 0 Å². The third-order valence-corrected chi connectivity index (χ3v) is 5.04. The second kappa shape index (κ2) is 11.4. The molecule has 2 fully saturated rings. The smallest absolute Gasteiger partial charge is 0.309 e. The lowest BCUT2D eigenvalue weighted by Crippen LogP contribution is -2.46. The third kappa shape index (κ3) is 6.79. The molecule has 1 saturated heterocycles. The zero-order chi connectivity index (χ0) is 19.1. The lowest BCUT2D eigenvalue weighted by Gasteiger charge is -2.33. The molecule has 156 valence electrons. The number of piperidine rings is 1. The maximum absolute atomic E-state index is 11.9. The van der Waals surface area contributed by atoms with Gasteiger partial charge in [-0.3, -0.25) is 9.79 Å². The molecule has 1 N–H and O–H groups in total. The lowest BCUT2D eigenvalue weighted by molar-refractivity contribution is -0.149. The number of guanidine groups is 1. The van der Waals surface area contributed by atoms with Gasteiger partial charge in [0.15, 0.2) is 5.96 Å². The minimum atomic E-state index is -0.0735. The minimum Gasteiger partial charge on any atom is -0.477 e. The van der Waals surface area contributed by atoms with E-state index in [1.807, 2.05) is 19.1 Å². The van der Waals surface area contributed by atoms with Crippen LogP contribution in [0.3, 0.4) is 0 Å². The van der Waals surface area contributed by atoms with Gasteiger partial charge in [-0.25, -0.2) is 4.98 Å². The van der Waals surface area contributed by atoms with Crippen LogP contribution < -0.4 is 10.1 Å². The second-order valence-electron chi connectivity index (χ2n) is 7.17. The van der Waals surface area contributed by atoms with Crippen LogP contribution in [0, 0.1) is 11.8 Å². The number of carbonyl (C=O) groups excluding carboxylic acids is 1. The summed E-state index contributed by atoms with van der Waals surface area (Å²) in [5.74, 6) is 2.19. The SMILES string of the molecule is CCOC(=O)C1CCN(C(=NC)NCc2ccnc(OCC3CC3)c2)CC1.I. The summed E-state index contributed by atoms with van der Waals surface area (Å²) >= 11 is 0. The molecule has 3 rings (SSSR count). The number of aromatic nitrogens is 1. The number of aliphatic imine (C=N–C) groups is 1. The first-order valence-electron chi connectivity index (χ1n) is 9.89. The molecule has 1 aliphatic heterocycles. The number of nitrogens with one attached hydrogen (secondary N) is 1. The van der Waals surface area contributed by atoms with Crippen molar-refractivity contribution in [2.24, 2.45) is 16.8 Å². The molecule has 1 aliphatic carbocycles. The van der Waals surface area contributed by atoms with Gasteiger partial charge in [0.05, 0.1) is 19.1 Å². The lowest BCUT2D eigenvalue weighted by atomic mass is 9.97. The van der Waals surface area contributed by atoms with E-state index >= 15 is 0 Å². The van der Waals surface area contributed by atoms with Gasteiger partial charge in [-0.05, 0) is 50.2 Å². The first-order valence-corrected chi connectivity index (χ1v) is 9.89. The number of rotatable bonds is 7. The quantitative estimate of drug-likeness (QED) is 0.268. The molecular weight excluding hydrogens is 471 g/mol. The standard InChI is InChI=1S/C20H30N4O3.HI/c1-3-26-19(25)17-7-10-24(11-8-17)20(21-2)23-13-16-6-9-22-18(12-16)27-14-15-4-5-15;/h6,9,12,15,17H,3-5,7-8,10-11,13-14H2,1-2H3,(H,21,23);1H. The van der Waals surface area contributed by atoms with Crippen LogP contribution in [0.25, 0.3) is 0 Å². The van der Waals surface area contributed by atoms with Crippen molar-refractivity contribution in [2.45, 2.75) is 39.2 Å². The Morgan fingerprint density at radius 2 is 2.07 bits per heavy atom. The topological polar surface area (TPSA) is 76.0 Å². The molecular formula is C20H31IN4O3. The molecule has 2 aliphatic rings. The first kappa shape index (κ1) is 22.7. The van der Waals surface area contributed by atoms with E-state index < -0.39 is 0 Å². The molecule has 0 amide bonds. The van der Waals surface area contributed by atoms with E-state index in [4.69, 9.17) is 9.47 Å². The van der Waals surface area contributed by atoms with Crippen LogP contribution in [0.1, 0.15) is 38.2 Å². The summed E-state index contributed by atoms with van der Waals surface area (Å²) in [6.45, 7) is 5.32. The Morgan fingerprint density at radius 3 is 2.71 bits per heavy atom. The molecule has 7 nitrogen and oxygen atoms in total. The number of hydrogen-bond acceptors (Lipinski definition) is 5. The van der Waals surface area contributed by atoms with Crippen molar-refractivity contribution in [1.29, 1.82) is 0 Å². The number of ether oxygens (including phenoxy) is 2. The van der Waals surface area contributed by atoms with E-state index in [9.17, 15) is 4.79 Å². The van der Waals surface area contributed by atoms with E-state index in [1.54, 1.807) is 13.2 Å². The Balaban J connectivity index is 0.00000280. The van der Waals surface area contributed by atoms with Gasteiger partial charge in [-0.2, -0.15) is 0 Å². The normalized spacial score (nSPS) is 17.6. The highest BCUT2D eigenvalue weighted by molar-refractivity contribution is 14.0. The maximum Gasteiger partial charge on any atom is 0.309 e. The molecule has 28 heavy (non-hydrogen) atoms. The number of halogens is 1. The Morgan fingerprint density at radius 1 is 1.32 bits per heavy atom. The van der Waals surface area contributed by atoms with Crippen LogP contribution in [0.15, 0.2) is 23.3 Å². The van der Waals surface area contributed by atoms with Crippen molar-refractivity contribution in [3.63, 3.8) is 0 Å². The van der Waals surface area contributed by atoms with Crippen molar-refractivity contribution in [3.05, 3.63) is 23.9 Å². The molecule has 1 aromatic rings. The van der Waals surface area contributed by atoms with Gasteiger partial charge in [-0.1, -0.05) is 0 Å². The number of nitrogens with zero attached hydrogens (tertiary/aromatic N) is 3. The molecule has 0 bridgehead atoms. The van der Waals surface area contributed by atoms with E-state index in [2.05, 4.69) is 20.2 Å². The highest BCUT2D eigenvalue weighted by Gasteiger charge is 2.27. The Kier molecular flexibility index (Phi) is 9.27. The number of hydrogen-bond donors (Lipinski definition) is 1. The van der Waals surface area contributed by atoms with Crippen LogP contribution >= 0.6 is 24.0 Å². The first-order chi connectivity index (χ1) is 13.2. The van der Waals surface area contributed by atoms with Crippen LogP contribution in [0.4, 0.5) is 0 Å². The average Bonchev–Trinajstić information content (AvgIpc) is 3.52. The van der Waals surface area contributed by atoms with E-state index in [0.717, 1.165) is 44.1 Å². The summed E-state index contributed by atoms with van der Waals surface area (Å²) in [6.07, 6.45) is 5.92. The minimum absolute atomic E-state index is 0. The summed E-state index contributed by atoms with van der Waals surface area (Å²) in [6, 6.07) is 3.97. The molecule has 0 unspecified atom stereocenters. The van der Waals surface area contributed by atoms with Crippen molar-refractivity contribution in [3.8, 4) is 5.88 Å². The van der Waals surface area contributed by atoms with Crippen molar-refractivity contribution in [1.82, 2.24) is 15.2 Å². The van der Waals surface area contributed by atoms with Gasteiger partial charge in [0.1, 0.15) is 0 Å². The van der Waals surface area contributed by atoms with E-state index in [0.29, 0.717) is 24.9 Å². The second-order valence-corrected chi connectivity index (χ2v) is 7.17. The number of esters is 1. The fourth-order valence-electron chi connectivity index (χ4n) is 3.23. The molecule has 0 radical (unpaired) electrons. The summed E-state index contributed by atoms with van der Waals surface area (Å²) in [4.78, 5) is 22.8. The van der Waals surface area contributed by atoms with Crippen molar-refractivity contribution >= 4 is 35.9 Å². The predicted octanol–water partition coefficient (Wildman–Crippen LogP) is 2.84. The highest BCUT2D eigenvalue weighted by atomic mass is 127. The number of pyridine rings is 1. The molecule has 0 aromatic carbocycles. The molecule has 8 heteroatoms. The summed E-state index contributed by atoms with van der Waals surface area (Å²) in [5, 5.41) is 3.41. The predicted molar refractivity (Wildman–Crippen MR) is 119 cm³/mol.